The number of hydrogen-bond acceptors (Lipinski definition) is 3. The highest BCUT2D eigenvalue weighted by molar-refractivity contribution is 7.08. The molecular weight excluding hydrogens is 220 g/mol. The van der Waals surface area contributed by atoms with Gasteiger partial charge in [0.25, 0.3) is 0 Å². The number of aromatic nitrogens is 1. The van der Waals surface area contributed by atoms with E-state index in [1.165, 1.54) is 6.08 Å². The van der Waals surface area contributed by atoms with Crippen molar-refractivity contribution >= 4 is 29.1 Å². The van der Waals surface area contributed by atoms with Crippen LogP contribution in [0.4, 0.5) is 5.82 Å². The molecule has 0 aromatic carbocycles. The lowest BCUT2D eigenvalue weighted by Gasteiger charge is -1.98. The van der Waals surface area contributed by atoms with Gasteiger partial charge in [0.1, 0.15) is 5.82 Å². The van der Waals surface area contributed by atoms with Crippen molar-refractivity contribution in [1.82, 2.24) is 4.98 Å². The third-order valence-corrected chi connectivity index (χ3v) is 2.59. The summed E-state index contributed by atoms with van der Waals surface area (Å²) in [6.45, 7) is 0. The fourth-order valence-electron chi connectivity index (χ4n) is 1.15. The van der Waals surface area contributed by atoms with Crippen LogP contribution in [0.5, 0.6) is 0 Å². The molecule has 0 spiro atoms. The monoisotopic (exact) mass is 230 g/mol. The van der Waals surface area contributed by atoms with E-state index in [9.17, 15) is 4.79 Å². The van der Waals surface area contributed by atoms with Crippen molar-refractivity contribution in [1.29, 1.82) is 0 Å². The van der Waals surface area contributed by atoms with Crippen molar-refractivity contribution in [3.05, 3.63) is 52.9 Å². The molecule has 1 amide bonds. The van der Waals surface area contributed by atoms with Gasteiger partial charge in [-0.25, -0.2) is 4.98 Å². The van der Waals surface area contributed by atoms with Crippen molar-refractivity contribution < 1.29 is 4.79 Å². The van der Waals surface area contributed by atoms with Gasteiger partial charge in [-0.2, -0.15) is 11.3 Å². The Bertz CT molecular complexity index is 477. The Labute approximate surface area is 97.5 Å². The lowest BCUT2D eigenvalue weighted by Crippen LogP contribution is -2.08. The van der Waals surface area contributed by atoms with Crippen LogP contribution in [0.15, 0.2) is 47.3 Å². The van der Waals surface area contributed by atoms with Crippen LogP contribution in [-0.2, 0) is 4.79 Å². The van der Waals surface area contributed by atoms with E-state index in [1.807, 2.05) is 22.9 Å². The third-order valence-electron chi connectivity index (χ3n) is 1.89. The van der Waals surface area contributed by atoms with Crippen LogP contribution < -0.4 is 5.32 Å². The molecule has 0 fully saturated rings. The van der Waals surface area contributed by atoms with Gasteiger partial charge in [0, 0.05) is 12.3 Å². The van der Waals surface area contributed by atoms with Gasteiger partial charge in [-0.15, -0.1) is 0 Å². The van der Waals surface area contributed by atoms with Gasteiger partial charge < -0.3 is 5.32 Å². The van der Waals surface area contributed by atoms with Gasteiger partial charge in [0.15, 0.2) is 0 Å². The molecule has 4 heteroatoms. The summed E-state index contributed by atoms with van der Waals surface area (Å²) < 4.78 is 0. The number of thiophene rings is 1. The molecule has 2 heterocycles. The molecule has 2 aromatic rings. The Kier molecular flexibility index (Phi) is 3.46. The topological polar surface area (TPSA) is 42.0 Å². The minimum absolute atomic E-state index is 0.176. The second-order valence-corrected chi connectivity index (χ2v) is 3.87. The summed E-state index contributed by atoms with van der Waals surface area (Å²) in [6.07, 6.45) is 4.91. The molecule has 3 nitrogen and oxygen atoms in total. The molecule has 0 bridgehead atoms. The fraction of sp³-hybridized carbons (Fsp3) is 0. The van der Waals surface area contributed by atoms with E-state index >= 15 is 0 Å². The van der Waals surface area contributed by atoms with Crippen LogP contribution >= 0.6 is 11.3 Å². The van der Waals surface area contributed by atoms with E-state index in [4.69, 9.17) is 0 Å². The van der Waals surface area contributed by atoms with E-state index in [-0.39, 0.29) is 5.91 Å². The molecule has 0 aliphatic rings. The smallest absolute Gasteiger partial charge is 0.249 e. The Morgan fingerprint density at radius 2 is 2.31 bits per heavy atom. The number of pyridine rings is 1. The summed E-state index contributed by atoms with van der Waals surface area (Å²) in [4.78, 5) is 15.5. The van der Waals surface area contributed by atoms with Gasteiger partial charge in [-0.1, -0.05) is 6.07 Å². The minimum atomic E-state index is -0.176. The zero-order valence-electron chi connectivity index (χ0n) is 8.46. The summed E-state index contributed by atoms with van der Waals surface area (Å²) in [7, 11) is 0. The lowest BCUT2D eigenvalue weighted by atomic mass is 10.3. The van der Waals surface area contributed by atoms with Crippen LogP contribution in [0.1, 0.15) is 5.56 Å². The highest BCUT2D eigenvalue weighted by Crippen LogP contribution is 2.08. The molecule has 0 aliphatic heterocycles. The van der Waals surface area contributed by atoms with Crippen LogP contribution in [0, 0.1) is 0 Å². The molecule has 0 atom stereocenters. The normalized spacial score (nSPS) is 10.5. The van der Waals surface area contributed by atoms with E-state index in [0.29, 0.717) is 5.82 Å². The Morgan fingerprint density at radius 3 is 3.00 bits per heavy atom. The van der Waals surface area contributed by atoms with Gasteiger partial charge in [-0.05, 0) is 40.6 Å². The summed E-state index contributed by atoms with van der Waals surface area (Å²) >= 11 is 1.60. The molecule has 2 rings (SSSR count). The molecule has 16 heavy (non-hydrogen) atoms. The fourth-order valence-corrected chi connectivity index (χ4v) is 1.77. The summed E-state index contributed by atoms with van der Waals surface area (Å²) in [5.74, 6) is 0.382. The predicted molar refractivity (Wildman–Crippen MR) is 66.2 cm³/mol. The summed E-state index contributed by atoms with van der Waals surface area (Å²) in [5.41, 5.74) is 1.03. The molecule has 0 radical (unpaired) electrons. The maximum atomic E-state index is 11.5. The quantitative estimate of drug-likeness (QED) is 0.824. The van der Waals surface area contributed by atoms with Gasteiger partial charge in [-0.3, -0.25) is 4.79 Å². The van der Waals surface area contributed by atoms with E-state index in [0.717, 1.165) is 5.56 Å². The SMILES string of the molecule is O=C(/C=C/c1ccsc1)Nc1ccccn1. The summed E-state index contributed by atoms with van der Waals surface area (Å²) in [5, 5.41) is 6.62. The number of hydrogen-bond donors (Lipinski definition) is 1. The zero-order chi connectivity index (χ0) is 11.2. The van der Waals surface area contributed by atoms with Crippen molar-refractivity contribution in [2.75, 3.05) is 5.32 Å². The van der Waals surface area contributed by atoms with Gasteiger partial charge >= 0.3 is 0 Å². The molecule has 1 N–H and O–H groups in total. The molecule has 2 aromatic heterocycles. The zero-order valence-corrected chi connectivity index (χ0v) is 9.28. The Hall–Kier alpha value is -1.94. The first kappa shape index (κ1) is 10.6. The van der Waals surface area contributed by atoms with Crippen molar-refractivity contribution in [3.63, 3.8) is 0 Å². The van der Waals surface area contributed by atoms with E-state index in [1.54, 1.807) is 35.7 Å². The number of carbonyl (C=O) groups excluding carboxylic acids is 1. The molecule has 80 valence electrons. The number of nitrogens with one attached hydrogen (secondary N) is 1. The van der Waals surface area contributed by atoms with Crippen molar-refractivity contribution in [2.45, 2.75) is 0 Å². The average Bonchev–Trinajstić information content (AvgIpc) is 2.81. The van der Waals surface area contributed by atoms with Crippen molar-refractivity contribution in [3.8, 4) is 0 Å². The largest absolute Gasteiger partial charge is 0.307 e. The minimum Gasteiger partial charge on any atom is -0.307 e. The highest BCUT2D eigenvalue weighted by Gasteiger charge is 1.97. The molecule has 0 aliphatic carbocycles. The van der Waals surface area contributed by atoms with E-state index < -0.39 is 0 Å². The number of anilines is 1. The summed E-state index contributed by atoms with van der Waals surface area (Å²) in [6, 6.07) is 7.33. The number of carbonyl (C=O) groups is 1. The first-order valence-corrected chi connectivity index (χ1v) is 5.71. The third kappa shape index (κ3) is 3.03. The van der Waals surface area contributed by atoms with Gasteiger partial charge in [0.05, 0.1) is 0 Å². The molecule has 0 unspecified atom stereocenters. The highest BCUT2D eigenvalue weighted by atomic mass is 32.1. The van der Waals surface area contributed by atoms with Crippen LogP contribution in [0.25, 0.3) is 6.08 Å². The standard InChI is InChI=1S/C12H10N2OS/c15-12(5-4-10-6-8-16-9-10)14-11-3-1-2-7-13-11/h1-9H,(H,13,14,15)/b5-4+. The second kappa shape index (κ2) is 5.23. The first-order valence-electron chi connectivity index (χ1n) is 4.77. The molecular formula is C12H10N2OS. The van der Waals surface area contributed by atoms with Gasteiger partial charge in [0.2, 0.25) is 5.91 Å². The second-order valence-electron chi connectivity index (χ2n) is 3.09. The number of amides is 1. The van der Waals surface area contributed by atoms with Crippen LogP contribution in [0.3, 0.4) is 0 Å². The maximum Gasteiger partial charge on any atom is 0.249 e. The predicted octanol–water partition coefficient (Wildman–Crippen LogP) is 2.79. The van der Waals surface area contributed by atoms with E-state index in [2.05, 4.69) is 10.3 Å². The Balaban J connectivity index is 1.95. The van der Waals surface area contributed by atoms with Crippen LogP contribution in [-0.4, -0.2) is 10.9 Å². The van der Waals surface area contributed by atoms with Crippen LogP contribution in [0.2, 0.25) is 0 Å². The number of rotatable bonds is 3. The lowest BCUT2D eigenvalue weighted by molar-refractivity contribution is -0.111. The first-order chi connectivity index (χ1) is 7.84. The maximum absolute atomic E-state index is 11.5. The van der Waals surface area contributed by atoms with Crippen molar-refractivity contribution in [2.24, 2.45) is 0 Å². The molecule has 0 saturated carbocycles. The Morgan fingerprint density at radius 1 is 1.38 bits per heavy atom. The molecule has 0 saturated heterocycles. The number of nitrogens with zero attached hydrogens (tertiary/aromatic N) is 1. The average molecular weight is 230 g/mol.